The van der Waals surface area contributed by atoms with Gasteiger partial charge in [0.15, 0.2) is 12.6 Å². The molecule has 0 saturated heterocycles. The van der Waals surface area contributed by atoms with E-state index in [-0.39, 0.29) is 42.3 Å². The summed E-state index contributed by atoms with van der Waals surface area (Å²) in [5.41, 5.74) is 2.96. The van der Waals surface area contributed by atoms with Crippen molar-refractivity contribution in [1.29, 1.82) is 0 Å². The highest BCUT2D eigenvalue weighted by atomic mass is 127. The number of nitrogens with zero attached hydrogens (tertiary/aromatic N) is 2. The molecule has 3 rings (SSSR count). The molecule has 3 N–H and O–H groups in total. The van der Waals surface area contributed by atoms with Gasteiger partial charge in [-0.25, -0.2) is 9.38 Å². The predicted molar refractivity (Wildman–Crippen MR) is 141 cm³/mol. The molecule has 33 heavy (non-hydrogen) atoms. The van der Waals surface area contributed by atoms with Gasteiger partial charge in [0.1, 0.15) is 11.6 Å². The van der Waals surface area contributed by atoms with Crippen LogP contribution >= 0.6 is 24.0 Å². The Morgan fingerprint density at radius 3 is 2.76 bits per heavy atom. The maximum atomic E-state index is 13.6. The maximum absolute atomic E-state index is 13.6. The fraction of sp³-hybridized carbons (Fsp3) is 0.333. The quantitative estimate of drug-likeness (QED) is 0.209. The molecule has 0 unspecified atom stereocenters. The Hall–Kier alpha value is -2.82. The monoisotopic (exact) mass is 567 g/mol. The molecular formula is C24H31FIN5O2. The van der Waals surface area contributed by atoms with Crippen LogP contribution in [0.4, 0.5) is 4.39 Å². The molecule has 1 heterocycles. The lowest BCUT2D eigenvalue weighted by Crippen LogP contribution is -2.38. The van der Waals surface area contributed by atoms with Crippen molar-refractivity contribution in [3.05, 3.63) is 65.6 Å². The summed E-state index contributed by atoms with van der Waals surface area (Å²) in [6.07, 6.45) is 2.65. The SMILES string of the molecule is CCNC(=NCc1cccc(OCC(=O)N(C)C)c1)NCCc1c[nH]c2ccc(F)cc12.I. The molecule has 0 atom stereocenters. The smallest absolute Gasteiger partial charge is 0.259 e. The van der Waals surface area contributed by atoms with Gasteiger partial charge in [-0.3, -0.25) is 4.79 Å². The molecule has 0 radical (unpaired) electrons. The summed E-state index contributed by atoms with van der Waals surface area (Å²) in [6, 6.07) is 12.3. The van der Waals surface area contributed by atoms with E-state index in [4.69, 9.17) is 4.74 Å². The second kappa shape index (κ2) is 13.0. The fourth-order valence-electron chi connectivity index (χ4n) is 3.19. The molecule has 0 fully saturated rings. The Morgan fingerprint density at radius 1 is 1.18 bits per heavy atom. The minimum atomic E-state index is -0.237. The van der Waals surface area contributed by atoms with Crippen molar-refractivity contribution in [2.24, 2.45) is 4.99 Å². The minimum absolute atomic E-state index is 0. The second-order valence-corrected chi connectivity index (χ2v) is 7.60. The Balaban J connectivity index is 0.00000385. The zero-order chi connectivity index (χ0) is 22.9. The molecule has 9 heteroatoms. The number of amides is 1. The average molecular weight is 567 g/mol. The third-order valence-corrected chi connectivity index (χ3v) is 4.94. The molecular weight excluding hydrogens is 536 g/mol. The van der Waals surface area contributed by atoms with Crippen LogP contribution in [0, 0.1) is 5.82 Å². The van der Waals surface area contributed by atoms with Crippen molar-refractivity contribution >= 4 is 46.7 Å². The molecule has 2 aromatic carbocycles. The number of aliphatic imine (C=N–C) groups is 1. The van der Waals surface area contributed by atoms with Crippen molar-refractivity contribution < 1.29 is 13.9 Å². The van der Waals surface area contributed by atoms with Gasteiger partial charge in [0.2, 0.25) is 0 Å². The summed E-state index contributed by atoms with van der Waals surface area (Å²) in [5.74, 6) is 1.01. The number of hydrogen-bond acceptors (Lipinski definition) is 3. The van der Waals surface area contributed by atoms with Gasteiger partial charge in [-0.15, -0.1) is 24.0 Å². The van der Waals surface area contributed by atoms with E-state index in [1.54, 1.807) is 26.2 Å². The highest BCUT2D eigenvalue weighted by Crippen LogP contribution is 2.19. The molecule has 0 saturated carbocycles. The lowest BCUT2D eigenvalue weighted by molar-refractivity contribution is -0.130. The third-order valence-electron chi connectivity index (χ3n) is 4.94. The summed E-state index contributed by atoms with van der Waals surface area (Å²) in [6.45, 7) is 3.87. The number of aromatic amines is 1. The largest absolute Gasteiger partial charge is 0.484 e. The highest BCUT2D eigenvalue weighted by molar-refractivity contribution is 14.0. The van der Waals surface area contributed by atoms with Crippen LogP contribution in [0.1, 0.15) is 18.1 Å². The standard InChI is InChI=1S/C24H30FN5O2.HI/c1-4-26-24(27-11-10-18-15-28-22-9-8-19(25)13-21(18)22)29-14-17-6-5-7-20(12-17)32-16-23(31)30(2)3;/h5-9,12-13,15,28H,4,10-11,14,16H2,1-3H3,(H2,26,27,29);1H. The van der Waals surface area contributed by atoms with Gasteiger partial charge >= 0.3 is 0 Å². The van der Waals surface area contributed by atoms with Crippen molar-refractivity contribution in [3.63, 3.8) is 0 Å². The van der Waals surface area contributed by atoms with Gasteiger partial charge in [0.25, 0.3) is 5.91 Å². The van der Waals surface area contributed by atoms with E-state index < -0.39 is 0 Å². The Kier molecular flexibility index (Phi) is 10.4. The van der Waals surface area contributed by atoms with Gasteiger partial charge in [0, 0.05) is 44.3 Å². The molecule has 1 amide bonds. The first-order chi connectivity index (χ1) is 15.5. The van der Waals surface area contributed by atoms with E-state index in [0.29, 0.717) is 24.8 Å². The van der Waals surface area contributed by atoms with E-state index >= 15 is 0 Å². The number of aromatic nitrogens is 1. The molecule has 3 aromatic rings. The predicted octanol–water partition coefficient (Wildman–Crippen LogP) is 3.69. The zero-order valence-corrected chi connectivity index (χ0v) is 21.5. The molecule has 0 aliphatic rings. The summed E-state index contributed by atoms with van der Waals surface area (Å²) in [4.78, 5) is 21.0. The van der Waals surface area contributed by atoms with Crippen LogP contribution in [0.5, 0.6) is 5.75 Å². The number of carbonyl (C=O) groups excluding carboxylic acids is 1. The fourth-order valence-corrected chi connectivity index (χ4v) is 3.19. The van der Waals surface area contributed by atoms with Gasteiger partial charge < -0.3 is 25.3 Å². The number of fused-ring (bicyclic) bond motifs is 1. The van der Waals surface area contributed by atoms with E-state index in [0.717, 1.165) is 35.0 Å². The molecule has 0 aliphatic heterocycles. The van der Waals surface area contributed by atoms with Gasteiger partial charge in [0.05, 0.1) is 6.54 Å². The lowest BCUT2D eigenvalue weighted by atomic mass is 10.1. The number of benzene rings is 2. The lowest BCUT2D eigenvalue weighted by Gasteiger charge is -2.12. The summed E-state index contributed by atoms with van der Waals surface area (Å²) >= 11 is 0. The summed E-state index contributed by atoms with van der Waals surface area (Å²) < 4.78 is 19.1. The van der Waals surface area contributed by atoms with E-state index in [9.17, 15) is 9.18 Å². The van der Waals surface area contributed by atoms with Crippen LogP contribution < -0.4 is 15.4 Å². The third kappa shape index (κ3) is 7.92. The van der Waals surface area contributed by atoms with Crippen LogP contribution in [0.2, 0.25) is 0 Å². The number of hydrogen-bond donors (Lipinski definition) is 3. The number of ether oxygens (including phenoxy) is 1. The first kappa shape index (κ1) is 26.4. The normalized spacial score (nSPS) is 11.1. The number of likely N-dealkylation sites (N-methyl/N-ethyl adjacent to an activating group) is 1. The topological polar surface area (TPSA) is 81.8 Å². The Labute approximate surface area is 210 Å². The number of H-pyrrole nitrogens is 1. The van der Waals surface area contributed by atoms with Gasteiger partial charge in [-0.2, -0.15) is 0 Å². The summed E-state index contributed by atoms with van der Waals surface area (Å²) in [5, 5.41) is 7.46. The highest BCUT2D eigenvalue weighted by Gasteiger charge is 2.07. The number of carbonyl (C=O) groups is 1. The molecule has 1 aromatic heterocycles. The van der Waals surface area contributed by atoms with E-state index in [2.05, 4.69) is 20.6 Å². The van der Waals surface area contributed by atoms with Gasteiger partial charge in [-0.05, 0) is 54.8 Å². The Bertz CT molecular complexity index is 1080. The molecule has 0 bridgehead atoms. The van der Waals surface area contributed by atoms with Crippen LogP contribution in [-0.2, 0) is 17.8 Å². The number of nitrogens with one attached hydrogen (secondary N) is 3. The van der Waals surface area contributed by atoms with Crippen LogP contribution in [0.25, 0.3) is 10.9 Å². The first-order valence-corrected chi connectivity index (χ1v) is 10.7. The van der Waals surface area contributed by atoms with Crippen molar-refractivity contribution in [3.8, 4) is 5.75 Å². The molecule has 0 aliphatic carbocycles. The van der Waals surface area contributed by atoms with Crippen LogP contribution in [0.15, 0.2) is 53.7 Å². The number of halogens is 2. The van der Waals surface area contributed by atoms with Gasteiger partial charge in [-0.1, -0.05) is 12.1 Å². The average Bonchev–Trinajstić information content (AvgIpc) is 3.18. The molecule has 7 nitrogen and oxygen atoms in total. The number of guanidine groups is 1. The van der Waals surface area contributed by atoms with Crippen LogP contribution in [0.3, 0.4) is 0 Å². The number of rotatable bonds is 9. The van der Waals surface area contributed by atoms with Crippen molar-refractivity contribution in [2.45, 2.75) is 19.9 Å². The summed E-state index contributed by atoms with van der Waals surface area (Å²) in [7, 11) is 3.39. The van der Waals surface area contributed by atoms with Crippen molar-refractivity contribution in [1.82, 2.24) is 20.5 Å². The molecule has 178 valence electrons. The second-order valence-electron chi connectivity index (χ2n) is 7.60. The minimum Gasteiger partial charge on any atom is -0.484 e. The molecule has 0 spiro atoms. The Morgan fingerprint density at radius 2 is 2.00 bits per heavy atom. The van der Waals surface area contributed by atoms with Crippen molar-refractivity contribution in [2.75, 3.05) is 33.8 Å². The van der Waals surface area contributed by atoms with Crippen LogP contribution in [-0.4, -0.2) is 55.5 Å². The zero-order valence-electron chi connectivity index (χ0n) is 19.2. The van der Waals surface area contributed by atoms with E-state index in [1.807, 2.05) is 37.4 Å². The van der Waals surface area contributed by atoms with E-state index in [1.165, 1.54) is 11.0 Å². The maximum Gasteiger partial charge on any atom is 0.259 e. The first-order valence-electron chi connectivity index (χ1n) is 10.7.